The lowest BCUT2D eigenvalue weighted by Crippen LogP contribution is -2.25. The molecule has 37 heavy (non-hydrogen) atoms. The van der Waals surface area contributed by atoms with Gasteiger partial charge in [0.25, 0.3) is 0 Å². The van der Waals surface area contributed by atoms with Crippen LogP contribution in [0.1, 0.15) is 113 Å². The molecule has 0 heterocycles. The van der Waals surface area contributed by atoms with E-state index in [2.05, 4.69) is 13.8 Å². The summed E-state index contributed by atoms with van der Waals surface area (Å²) in [5, 5.41) is 0.207. The molecule has 4 nitrogen and oxygen atoms in total. The predicted molar refractivity (Wildman–Crippen MR) is 151 cm³/mol. The van der Waals surface area contributed by atoms with Gasteiger partial charge in [0, 0.05) is 6.07 Å². The van der Waals surface area contributed by atoms with Crippen LogP contribution in [-0.4, -0.2) is 11.9 Å². The number of rotatable bonds is 14. The number of unbranched alkanes of at least 4 members (excludes halogenated alkanes) is 6. The maximum Gasteiger partial charge on any atom is 0.345 e. The van der Waals surface area contributed by atoms with Crippen molar-refractivity contribution in [2.45, 2.75) is 104 Å². The Morgan fingerprint density at radius 3 is 2.11 bits per heavy atom. The normalized spacial score (nSPS) is 17.4. The van der Waals surface area contributed by atoms with Crippen LogP contribution >= 0.6 is 11.6 Å². The number of ether oxygens (including phenoxy) is 2. The first-order valence-corrected chi connectivity index (χ1v) is 14.7. The lowest BCUT2D eigenvalue weighted by atomic mass is 9.80. The molecule has 0 aromatic heterocycles. The van der Waals surface area contributed by atoms with Crippen LogP contribution in [0.3, 0.4) is 0 Å². The van der Waals surface area contributed by atoms with Gasteiger partial charge in [-0.25, -0.2) is 4.79 Å². The molecule has 2 aromatic carbocycles. The molecule has 1 fully saturated rings. The van der Waals surface area contributed by atoms with E-state index in [-0.39, 0.29) is 22.5 Å². The molecule has 0 N–H and O–H groups in total. The zero-order valence-corrected chi connectivity index (χ0v) is 23.4. The summed E-state index contributed by atoms with van der Waals surface area (Å²) in [7, 11) is 0. The largest absolute Gasteiger partial charge is 0.426 e. The standard InChI is InChI=1S/C32H43ClO4/c1-3-5-7-8-10-12-25-15-19-27(20-16-25)36-32(35)29-22-21-28(23-30(29)33)37-31(34)26-17-13-24(14-18-26)11-9-6-4-2/h15-16,19-24,26H,3-14,17-18H2,1-2H3. The Kier molecular flexibility index (Phi) is 12.5. The van der Waals surface area contributed by atoms with Crippen LogP contribution in [0, 0.1) is 11.8 Å². The predicted octanol–water partition coefficient (Wildman–Crippen LogP) is 9.36. The van der Waals surface area contributed by atoms with Gasteiger partial charge in [0.15, 0.2) is 0 Å². The minimum absolute atomic E-state index is 0.0647. The topological polar surface area (TPSA) is 52.6 Å². The fourth-order valence-corrected chi connectivity index (χ4v) is 5.36. The molecule has 1 saturated carbocycles. The Morgan fingerprint density at radius 1 is 0.784 bits per heavy atom. The Morgan fingerprint density at radius 2 is 1.43 bits per heavy atom. The minimum atomic E-state index is -0.531. The van der Waals surface area contributed by atoms with E-state index in [1.165, 1.54) is 69.4 Å². The summed E-state index contributed by atoms with van der Waals surface area (Å²) in [6.45, 7) is 4.45. The number of benzene rings is 2. The number of halogens is 1. The van der Waals surface area contributed by atoms with Gasteiger partial charge in [0.2, 0.25) is 0 Å². The van der Waals surface area contributed by atoms with E-state index in [0.29, 0.717) is 11.5 Å². The summed E-state index contributed by atoms with van der Waals surface area (Å²) < 4.78 is 11.1. The smallest absolute Gasteiger partial charge is 0.345 e. The van der Waals surface area contributed by atoms with Crippen molar-refractivity contribution in [1.29, 1.82) is 0 Å². The molecule has 0 aliphatic heterocycles. The average Bonchev–Trinajstić information content (AvgIpc) is 2.90. The van der Waals surface area contributed by atoms with Crippen molar-refractivity contribution >= 4 is 23.5 Å². The van der Waals surface area contributed by atoms with Crippen LogP contribution in [0.15, 0.2) is 42.5 Å². The third-order valence-electron chi connectivity index (χ3n) is 7.48. The first kappa shape index (κ1) is 29.2. The molecular weight excluding hydrogens is 484 g/mol. The van der Waals surface area contributed by atoms with E-state index in [4.69, 9.17) is 21.1 Å². The van der Waals surface area contributed by atoms with Crippen molar-refractivity contribution in [1.82, 2.24) is 0 Å². The SMILES string of the molecule is CCCCCCCc1ccc(OC(=O)c2ccc(OC(=O)C3CCC(CCCCC)CC3)cc2Cl)cc1. The van der Waals surface area contributed by atoms with Crippen LogP contribution in [0.25, 0.3) is 0 Å². The highest BCUT2D eigenvalue weighted by Gasteiger charge is 2.27. The Labute approximate surface area is 228 Å². The average molecular weight is 527 g/mol. The molecule has 0 radical (unpaired) electrons. The quantitative estimate of drug-likeness (QED) is 0.140. The molecule has 202 valence electrons. The summed E-state index contributed by atoms with van der Waals surface area (Å²) in [6.07, 6.45) is 16.3. The van der Waals surface area contributed by atoms with E-state index in [0.717, 1.165) is 38.0 Å². The first-order chi connectivity index (χ1) is 18.0. The van der Waals surface area contributed by atoms with E-state index in [9.17, 15) is 9.59 Å². The molecule has 2 aromatic rings. The van der Waals surface area contributed by atoms with Crippen LogP contribution in [-0.2, 0) is 11.2 Å². The first-order valence-electron chi connectivity index (χ1n) is 14.3. The van der Waals surface area contributed by atoms with Gasteiger partial charge in [-0.3, -0.25) is 4.79 Å². The zero-order valence-electron chi connectivity index (χ0n) is 22.6. The second-order valence-electron chi connectivity index (χ2n) is 10.5. The third kappa shape index (κ3) is 9.81. The fraction of sp³-hybridized carbons (Fsp3) is 0.562. The molecule has 5 heteroatoms. The zero-order chi connectivity index (χ0) is 26.5. The van der Waals surface area contributed by atoms with Crippen molar-refractivity contribution in [3.63, 3.8) is 0 Å². The van der Waals surface area contributed by atoms with Crippen molar-refractivity contribution < 1.29 is 19.1 Å². The van der Waals surface area contributed by atoms with Crippen LogP contribution in [0.4, 0.5) is 0 Å². The van der Waals surface area contributed by atoms with Crippen LogP contribution in [0.2, 0.25) is 5.02 Å². The molecule has 0 saturated heterocycles. The van der Waals surface area contributed by atoms with Crippen LogP contribution < -0.4 is 9.47 Å². The summed E-state index contributed by atoms with van der Waals surface area (Å²) >= 11 is 6.37. The van der Waals surface area contributed by atoms with Gasteiger partial charge in [0.1, 0.15) is 11.5 Å². The van der Waals surface area contributed by atoms with E-state index in [1.54, 1.807) is 12.1 Å². The van der Waals surface area contributed by atoms with Gasteiger partial charge in [-0.15, -0.1) is 0 Å². The van der Waals surface area contributed by atoms with E-state index in [1.807, 2.05) is 24.3 Å². The van der Waals surface area contributed by atoms with Gasteiger partial charge in [0.05, 0.1) is 16.5 Å². The fourth-order valence-electron chi connectivity index (χ4n) is 5.11. The van der Waals surface area contributed by atoms with Gasteiger partial charge in [-0.1, -0.05) is 88.9 Å². The summed E-state index contributed by atoms with van der Waals surface area (Å²) in [4.78, 5) is 25.4. The Hall–Kier alpha value is -2.33. The highest BCUT2D eigenvalue weighted by molar-refractivity contribution is 6.33. The minimum Gasteiger partial charge on any atom is -0.426 e. The van der Waals surface area contributed by atoms with Crippen molar-refractivity contribution in [2.24, 2.45) is 11.8 Å². The maximum absolute atomic E-state index is 12.7. The lowest BCUT2D eigenvalue weighted by molar-refractivity contribution is -0.140. The van der Waals surface area contributed by atoms with Gasteiger partial charge < -0.3 is 9.47 Å². The molecule has 0 unspecified atom stereocenters. The molecule has 3 rings (SSSR count). The molecular formula is C32H43ClO4. The van der Waals surface area contributed by atoms with E-state index < -0.39 is 5.97 Å². The highest BCUT2D eigenvalue weighted by Crippen LogP contribution is 2.33. The second-order valence-corrected chi connectivity index (χ2v) is 10.9. The number of aryl methyl sites for hydroxylation is 1. The molecule has 0 bridgehead atoms. The molecule has 0 spiro atoms. The Balaban J connectivity index is 1.46. The third-order valence-corrected chi connectivity index (χ3v) is 7.79. The maximum atomic E-state index is 12.7. The molecule has 0 amide bonds. The number of carbonyl (C=O) groups is 2. The summed E-state index contributed by atoms with van der Waals surface area (Å²) in [5.74, 6) is 0.782. The van der Waals surface area contributed by atoms with Crippen molar-refractivity contribution in [2.75, 3.05) is 0 Å². The molecule has 0 atom stereocenters. The number of hydrogen-bond donors (Lipinski definition) is 0. The summed E-state index contributed by atoms with van der Waals surface area (Å²) in [6, 6.07) is 12.3. The van der Waals surface area contributed by atoms with E-state index >= 15 is 0 Å². The molecule has 1 aliphatic rings. The highest BCUT2D eigenvalue weighted by atomic mass is 35.5. The van der Waals surface area contributed by atoms with Crippen LogP contribution in [0.5, 0.6) is 11.5 Å². The monoisotopic (exact) mass is 526 g/mol. The number of esters is 2. The Bertz CT molecular complexity index is 977. The van der Waals surface area contributed by atoms with Gasteiger partial charge >= 0.3 is 11.9 Å². The molecule has 1 aliphatic carbocycles. The van der Waals surface area contributed by atoms with Gasteiger partial charge in [-0.2, -0.15) is 0 Å². The van der Waals surface area contributed by atoms with Crippen molar-refractivity contribution in [3.8, 4) is 11.5 Å². The summed E-state index contributed by atoms with van der Waals surface area (Å²) in [5.41, 5.74) is 1.49. The second kappa shape index (κ2) is 15.8. The lowest BCUT2D eigenvalue weighted by Gasteiger charge is -2.27. The van der Waals surface area contributed by atoms with Crippen molar-refractivity contribution in [3.05, 3.63) is 58.6 Å². The van der Waals surface area contributed by atoms with Gasteiger partial charge in [-0.05, 0) is 74.3 Å². The number of carbonyl (C=O) groups excluding carboxylic acids is 2. The number of hydrogen-bond acceptors (Lipinski definition) is 4.